The monoisotopic (exact) mass is 385 g/mol. The van der Waals surface area contributed by atoms with Gasteiger partial charge in [0.25, 0.3) is 0 Å². The van der Waals surface area contributed by atoms with Crippen molar-refractivity contribution in [2.75, 3.05) is 0 Å². The molecular formula is C17H21Cl2Zr. The number of halogens is 2. The molecule has 20 heavy (non-hydrogen) atoms. The molecule has 0 saturated heterocycles. The molecule has 0 aromatic heterocycles. The number of allylic oxidation sites excluding steroid dienone is 1. The second kappa shape index (κ2) is 8.16. The average molecular weight is 387 g/mol. The molecule has 0 unspecified atom stereocenters. The van der Waals surface area contributed by atoms with Crippen LogP contribution in [0.3, 0.4) is 0 Å². The van der Waals surface area contributed by atoms with E-state index in [2.05, 4.69) is 38.5 Å². The van der Waals surface area contributed by atoms with Crippen molar-refractivity contribution >= 4 is 23.1 Å². The molecule has 0 atom stereocenters. The standard InChI is InChI=1S/C17H21.2ClH.Zr/c1-12-10-16-13(2)8-9-15(17(16)11-12)14-6-4-3-5-7-14;;;/h8-11,14H,3-7H2,1-2H3;2*1H;/q;;;+2/p-2. The number of benzene rings is 1. The van der Waals surface area contributed by atoms with Gasteiger partial charge in [-0.3, -0.25) is 0 Å². The number of rotatable bonds is 1. The van der Waals surface area contributed by atoms with Crippen molar-refractivity contribution in [2.24, 2.45) is 0 Å². The molecular weight excluding hydrogens is 366 g/mol. The van der Waals surface area contributed by atoms with E-state index >= 15 is 0 Å². The Labute approximate surface area is 141 Å². The van der Waals surface area contributed by atoms with Crippen LogP contribution < -0.4 is 0 Å². The summed E-state index contributed by atoms with van der Waals surface area (Å²) in [5, 5.41) is 0. The van der Waals surface area contributed by atoms with Gasteiger partial charge in [-0.15, -0.1) is 0 Å². The molecule has 0 spiro atoms. The topological polar surface area (TPSA) is 0 Å². The van der Waals surface area contributed by atoms with Crippen LogP contribution in [0.1, 0.15) is 67.2 Å². The summed E-state index contributed by atoms with van der Waals surface area (Å²) < 4.78 is 0. The van der Waals surface area contributed by atoms with Gasteiger partial charge >= 0.3 is 37.9 Å². The quantitative estimate of drug-likeness (QED) is 0.524. The van der Waals surface area contributed by atoms with Crippen LogP contribution in [0.25, 0.3) is 6.08 Å². The number of fused-ring (bicyclic) bond motifs is 1. The van der Waals surface area contributed by atoms with Crippen LogP contribution in [0.5, 0.6) is 0 Å². The van der Waals surface area contributed by atoms with Crippen LogP contribution >= 0.6 is 17.0 Å². The van der Waals surface area contributed by atoms with E-state index in [4.69, 9.17) is 17.0 Å². The number of hydrogen-bond donors (Lipinski definition) is 0. The van der Waals surface area contributed by atoms with Gasteiger partial charge in [0, 0.05) is 6.42 Å². The van der Waals surface area contributed by atoms with Gasteiger partial charge in [0.05, 0.1) is 0 Å². The van der Waals surface area contributed by atoms with Gasteiger partial charge in [-0.25, -0.2) is 0 Å². The van der Waals surface area contributed by atoms with Crippen molar-refractivity contribution in [3.63, 3.8) is 0 Å². The van der Waals surface area contributed by atoms with Gasteiger partial charge in [0.1, 0.15) is 0 Å². The molecule has 107 valence electrons. The van der Waals surface area contributed by atoms with E-state index in [1.807, 2.05) is 0 Å². The molecule has 2 aliphatic rings. The van der Waals surface area contributed by atoms with Gasteiger partial charge in [0.15, 0.2) is 0 Å². The van der Waals surface area contributed by atoms with Crippen molar-refractivity contribution in [2.45, 2.75) is 51.9 Å². The first-order valence-corrected chi connectivity index (χ1v) is 13.6. The number of aryl methyl sites for hydroxylation is 1. The van der Waals surface area contributed by atoms with E-state index in [1.54, 1.807) is 5.56 Å². The van der Waals surface area contributed by atoms with Crippen molar-refractivity contribution < 1.29 is 20.8 Å². The van der Waals surface area contributed by atoms with Crippen molar-refractivity contribution in [1.29, 1.82) is 0 Å². The number of hydrogen-bond acceptors (Lipinski definition) is 0. The Morgan fingerprint density at radius 1 is 1.00 bits per heavy atom. The molecule has 0 heterocycles. The molecule has 1 aromatic rings. The maximum absolute atomic E-state index is 4.93. The summed E-state index contributed by atoms with van der Waals surface area (Å²) in [5.74, 6) is 0.814. The van der Waals surface area contributed by atoms with Crippen molar-refractivity contribution in [3.05, 3.63) is 46.4 Å². The Kier molecular flexibility index (Phi) is 6.85. The van der Waals surface area contributed by atoms with Gasteiger partial charge in [-0.2, -0.15) is 0 Å². The van der Waals surface area contributed by atoms with E-state index in [-0.39, 0.29) is 0 Å². The fourth-order valence-corrected chi connectivity index (χ4v) is 3.38. The minimum absolute atomic E-state index is 0.814. The Morgan fingerprint density at radius 2 is 1.65 bits per heavy atom. The molecule has 0 nitrogen and oxygen atoms in total. The fraction of sp³-hybridized carbons (Fsp3) is 0.471. The van der Waals surface area contributed by atoms with E-state index in [0.29, 0.717) is 0 Å². The summed E-state index contributed by atoms with van der Waals surface area (Å²) in [5.41, 5.74) is 7.44. The summed E-state index contributed by atoms with van der Waals surface area (Å²) in [6, 6.07) is 4.69. The fourth-order valence-electron chi connectivity index (χ4n) is 3.38. The predicted molar refractivity (Wildman–Crippen MR) is 85.8 cm³/mol. The minimum atomic E-state index is -0.826. The molecule has 1 fully saturated rings. The molecule has 1 aromatic carbocycles. The first-order chi connectivity index (χ1) is 9.67. The first-order valence-electron chi connectivity index (χ1n) is 7.30. The predicted octanol–water partition coefficient (Wildman–Crippen LogP) is 6.39. The SMILES string of the molecule is CC1=Cc2c(C3CCCCC3)ccc(C)c2[CH]1.[Cl][Zr][Cl]. The molecule has 2 aliphatic carbocycles. The van der Waals surface area contributed by atoms with Crippen LogP contribution in [0.4, 0.5) is 0 Å². The average Bonchev–Trinajstić information content (AvgIpc) is 2.84. The molecule has 0 N–H and O–H groups in total. The second-order valence-electron chi connectivity index (χ2n) is 5.74. The molecule has 0 aliphatic heterocycles. The molecule has 1 saturated carbocycles. The third-order valence-electron chi connectivity index (χ3n) is 4.33. The zero-order valence-corrected chi connectivity index (χ0v) is 16.1. The third kappa shape index (κ3) is 3.99. The van der Waals surface area contributed by atoms with Gasteiger partial charge in [-0.1, -0.05) is 43.0 Å². The molecule has 0 bridgehead atoms. The summed E-state index contributed by atoms with van der Waals surface area (Å²) in [6.07, 6.45) is 11.8. The van der Waals surface area contributed by atoms with Gasteiger partial charge in [-0.05, 0) is 54.9 Å². The molecule has 3 heteroatoms. The van der Waals surface area contributed by atoms with E-state index in [0.717, 1.165) is 5.92 Å². The Hall–Kier alpha value is 0.423. The second-order valence-corrected chi connectivity index (χ2v) is 9.47. The van der Waals surface area contributed by atoms with Crippen LogP contribution in [-0.2, 0) is 20.8 Å². The zero-order valence-electron chi connectivity index (χ0n) is 12.2. The maximum atomic E-state index is 4.93. The van der Waals surface area contributed by atoms with E-state index < -0.39 is 20.8 Å². The molecule has 0 amide bonds. The summed E-state index contributed by atoms with van der Waals surface area (Å²) in [4.78, 5) is 0. The zero-order chi connectivity index (χ0) is 14.5. The Balaban J connectivity index is 0.000000452. The van der Waals surface area contributed by atoms with Gasteiger partial charge in [0.2, 0.25) is 0 Å². The van der Waals surface area contributed by atoms with Crippen LogP contribution in [0.2, 0.25) is 0 Å². The molecule has 1 radical (unpaired) electrons. The van der Waals surface area contributed by atoms with Crippen LogP contribution in [-0.4, -0.2) is 0 Å². The van der Waals surface area contributed by atoms with E-state index in [9.17, 15) is 0 Å². The Morgan fingerprint density at radius 3 is 2.30 bits per heavy atom. The van der Waals surface area contributed by atoms with Crippen molar-refractivity contribution in [3.8, 4) is 0 Å². The van der Waals surface area contributed by atoms with Crippen molar-refractivity contribution in [1.82, 2.24) is 0 Å². The summed E-state index contributed by atoms with van der Waals surface area (Å²) in [6.45, 7) is 4.44. The third-order valence-corrected chi connectivity index (χ3v) is 4.33. The molecule has 3 rings (SSSR count). The summed E-state index contributed by atoms with van der Waals surface area (Å²) >= 11 is -0.826. The first kappa shape index (κ1) is 16.8. The summed E-state index contributed by atoms with van der Waals surface area (Å²) in [7, 11) is 9.87. The normalized spacial score (nSPS) is 17.9. The van der Waals surface area contributed by atoms with Gasteiger partial charge < -0.3 is 0 Å². The van der Waals surface area contributed by atoms with Crippen LogP contribution in [0.15, 0.2) is 17.7 Å². The van der Waals surface area contributed by atoms with Crippen LogP contribution in [0, 0.1) is 13.3 Å². The Bertz CT molecular complexity index is 488. The van der Waals surface area contributed by atoms with E-state index in [1.165, 1.54) is 54.4 Å².